The third-order valence-electron chi connectivity index (χ3n) is 2.22. The molecule has 5 nitrogen and oxygen atoms in total. The van der Waals surface area contributed by atoms with Crippen molar-refractivity contribution in [1.82, 2.24) is 14.9 Å². The lowest BCUT2D eigenvalue weighted by Gasteiger charge is -2.00. The van der Waals surface area contributed by atoms with Crippen LogP contribution >= 0.6 is 0 Å². The van der Waals surface area contributed by atoms with Crippen molar-refractivity contribution < 1.29 is 9.53 Å². The molecule has 0 saturated heterocycles. The highest BCUT2D eigenvalue weighted by molar-refractivity contribution is 5.68. The van der Waals surface area contributed by atoms with E-state index in [1.807, 2.05) is 10.8 Å². The predicted molar refractivity (Wildman–Crippen MR) is 60.9 cm³/mol. The number of hydrogen-bond donors (Lipinski definition) is 1. The highest BCUT2D eigenvalue weighted by Crippen LogP contribution is 1.98. The Morgan fingerprint density at radius 3 is 3.12 bits per heavy atom. The number of rotatable bonds is 7. The molecule has 0 atom stereocenters. The molecule has 0 aromatic carbocycles. The van der Waals surface area contributed by atoms with E-state index in [2.05, 4.69) is 22.0 Å². The second-order valence-corrected chi connectivity index (χ2v) is 3.61. The second-order valence-electron chi connectivity index (χ2n) is 3.61. The highest BCUT2D eigenvalue weighted by atomic mass is 16.5. The van der Waals surface area contributed by atoms with Crippen molar-refractivity contribution in [3.05, 3.63) is 18.2 Å². The van der Waals surface area contributed by atoms with Crippen molar-refractivity contribution in [2.45, 2.75) is 32.9 Å². The highest BCUT2D eigenvalue weighted by Gasteiger charge is 2.02. The Balaban J connectivity index is 2.30. The number of methoxy groups -OCH3 is 1. The fourth-order valence-corrected chi connectivity index (χ4v) is 1.34. The van der Waals surface area contributed by atoms with Crippen molar-refractivity contribution in [3.63, 3.8) is 0 Å². The zero-order valence-electron chi connectivity index (χ0n) is 9.90. The van der Waals surface area contributed by atoms with Gasteiger partial charge in [0.05, 0.1) is 25.6 Å². The third-order valence-corrected chi connectivity index (χ3v) is 2.22. The van der Waals surface area contributed by atoms with Crippen LogP contribution in [0, 0.1) is 0 Å². The van der Waals surface area contributed by atoms with Gasteiger partial charge in [-0.25, -0.2) is 4.98 Å². The van der Waals surface area contributed by atoms with E-state index in [0.29, 0.717) is 13.0 Å². The molecule has 1 rings (SSSR count). The molecule has 1 aromatic rings. The molecule has 0 radical (unpaired) electrons. The van der Waals surface area contributed by atoms with E-state index in [9.17, 15) is 4.79 Å². The van der Waals surface area contributed by atoms with Gasteiger partial charge in [0.2, 0.25) is 0 Å². The summed E-state index contributed by atoms with van der Waals surface area (Å²) in [5, 5.41) is 3.27. The van der Waals surface area contributed by atoms with Crippen LogP contribution in [0.5, 0.6) is 0 Å². The summed E-state index contributed by atoms with van der Waals surface area (Å²) in [5.74, 6) is -0.195. The van der Waals surface area contributed by atoms with Crippen molar-refractivity contribution in [1.29, 1.82) is 0 Å². The number of imidazole rings is 1. The largest absolute Gasteiger partial charge is 0.469 e. The quantitative estimate of drug-likeness (QED) is 0.554. The predicted octanol–water partition coefficient (Wildman–Crippen LogP) is 0.946. The lowest BCUT2D eigenvalue weighted by molar-refractivity contribution is -0.140. The third kappa shape index (κ3) is 4.44. The van der Waals surface area contributed by atoms with Gasteiger partial charge in [0.25, 0.3) is 0 Å². The van der Waals surface area contributed by atoms with E-state index >= 15 is 0 Å². The molecular formula is C11H19N3O2. The average molecular weight is 225 g/mol. The number of carbonyl (C=O) groups is 1. The Labute approximate surface area is 95.8 Å². The summed E-state index contributed by atoms with van der Waals surface area (Å²) in [6, 6.07) is 0. The molecule has 0 aliphatic heterocycles. The van der Waals surface area contributed by atoms with Crippen molar-refractivity contribution in [2.75, 3.05) is 13.7 Å². The summed E-state index contributed by atoms with van der Waals surface area (Å²) in [6.45, 7) is 4.52. The number of aromatic nitrogens is 2. The molecular weight excluding hydrogens is 206 g/mol. The topological polar surface area (TPSA) is 56.2 Å². The first kappa shape index (κ1) is 12.7. The minimum atomic E-state index is -0.195. The van der Waals surface area contributed by atoms with Crippen molar-refractivity contribution in [2.24, 2.45) is 0 Å². The Hall–Kier alpha value is -1.36. The first-order valence-electron chi connectivity index (χ1n) is 5.54. The van der Waals surface area contributed by atoms with Gasteiger partial charge in [0.1, 0.15) is 0 Å². The van der Waals surface area contributed by atoms with E-state index in [0.717, 1.165) is 25.2 Å². The van der Waals surface area contributed by atoms with E-state index < -0.39 is 0 Å². The van der Waals surface area contributed by atoms with Crippen LogP contribution in [-0.2, 0) is 22.6 Å². The van der Waals surface area contributed by atoms with Crippen LogP contribution in [0.25, 0.3) is 0 Å². The summed E-state index contributed by atoms with van der Waals surface area (Å²) < 4.78 is 6.48. The number of esters is 1. The van der Waals surface area contributed by atoms with Crippen LogP contribution in [-0.4, -0.2) is 29.2 Å². The zero-order chi connectivity index (χ0) is 11.8. The first-order chi connectivity index (χ1) is 7.76. The summed E-state index contributed by atoms with van der Waals surface area (Å²) in [6.07, 6.45) is 5.19. The molecule has 1 aromatic heterocycles. The average Bonchev–Trinajstić information content (AvgIpc) is 2.74. The molecule has 1 N–H and O–H groups in total. The molecule has 1 heterocycles. The van der Waals surface area contributed by atoms with Crippen LogP contribution < -0.4 is 5.32 Å². The molecule has 5 heteroatoms. The Bertz CT molecular complexity index is 323. The Kier molecular flexibility index (Phi) is 5.56. The molecule has 0 unspecified atom stereocenters. The zero-order valence-corrected chi connectivity index (χ0v) is 9.90. The fourth-order valence-electron chi connectivity index (χ4n) is 1.34. The Morgan fingerprint density at radius 1 is 1.62 bits per heavy atom. The van der Waals surface area contributed by atoms with E-state index in [4.69, 9.17) is 0 Å². The van der Waals surface area contributed by atoms with E-state index in [1.165, 1.54) is 7.11 Å². The van der Waals surface area contributed by atoms with Gasteiger partial charge < -0.3 is 14.6 Å². The minimum absolute atomic E-state index is 0.195. The van der Waals surface area contributed by atoms with Crippen molar-refractivity contribution >= 4 is 5.97 Å². The van der Waals surface area contributed by atoms with Crippen LogP contribution in [0.1, 0.15) is 25.5 Å². The van der Waals surface area contributed by atoms with Gasteiger partial charge in [-0.2, -0.15) is 0 Å². The summed E-state index contributed by atoms with van der Waals surface area (Å²) >= 11 is 0. The number of nitrogens with one attached hydrogen (secondary N) is 1. The molecule has 0 aliphatic rings. The number of ether oxygens (including phenoxy) is 1. The summed E-state index contributed by atoms with van der Waals surface area (Å²) in [5.41, 5.74) is 0.998. The Morgan fingerprint density at radius 2 is 2.44 bits per heavy atom. The monoisotopic (exact) mass is 225 g/mol. The van der Waals surface area contributed by atoms with Gasteiger partial charge in [0.15, 0.2) is 0 Å². The molecule has 90 valence electrons. The number of carbonyl (C=O) groups excluding carboxylic acids is 1. The molecule has 0 fully saturated rings. The maximum atomic E-state index is 10.9. The molecule has 0 saturated carbocycles. The van der Waals surface area contributed by atoms with Gasteiger partial charge >= 0.3 is 5.97 Å². The van der Waals surface area contributed by atoms with Gasteiger partial charge in [-0.3, -0.25) is 4.79 Å². The standard InChI is InChI=1S/C11H19N3O2/c1-3-5-12-7-10-8-14(9-13-10)6-4-11(15)16-2/h8-9,12H,3-7H2,1-2H3. The van der Waals surface area contributed by atoms with Gasteiger partial charge in [-0.05, 0) is 13.0 Å². The lowest BCUT2D eigenvalue weighted by atomic mass is 10.4. The van der Waals surface area contributed by atoms with Gasteiger partial charge in [0, 0.05) is 19.3 Å². The van der Waals surface area contributed by atoms with Crippen molar-refractivity contribution in [3.8, 4) is 0 Å². The maximum Gasteiger partial charge on any atom is 0.307 e. The van der Waals surface area contributed by atoms with E-state index in [1.54, 1.807) is 6.33 Å². The molecule has 0 bridgehead atoms. The molecule has 0 aliphatic carbocycles. The van der Waals surface area contributed by atoms with Crippen LogP contribution in [0.15, 0.2) is 12.5 Å². The van der Waals surface area contributed by atoms with E-state index in [-0.39, 0.29) is 5.97 Å². The number of aryl methyl sites for hydroxylation is 1. The molecule has 16 heavy (non-hydrogen) atoms. The lowest BCUT2D eigenvalue weighted by Crippen LogP contribution is -2.13. The summed E-state index contributed by atoms with van der Waals surface area (Å²) in [4.78, 5) is 15.2. The summed E-state index contributed by atoms with van der Waals surface area (Å²) in [7, 11) is 1.40. The SMILES string of the molecule is CCCNCc1cn(CCC(=O)OC)cn1. The molecule has 0 spiro atoms. The van der Waals surface area contributed by atoms with Gasteiger partial charge in [-0.1, -0.05) is 6.92 Å². The normalized spacial score (nSPS) is 10.4. The first-order valence-corrected chi connectivity index (χ1v) is 5.54. The number of nitrogens with zero attached hydrogens (tertiary/aromatic N) is 2. The number of hydrogen-bond acceptors (Lipinski definition) is 4. The second kappa shape index (κ2) is 7.00. The maximum absolute atomic E-state index is 10.9. The smallest absolute Gasteiger partial charge is 0.307 e. The van der Waals surface area contributed by atoms with Crippen LogP contribution in [0.3, 0.4) is 0 Å². The van der Waals surface area contributed by atoms with Gasteiger partial charge in [-0.15, -0.1) is 0 Å². The fraction of sp³-hybridized carbons (Fsp3) is 0.636. The van der Waals surface area contributed by atoms with Crippen LogP contribution in [0.2, 0.25) is 0 Å². The van der Waals surface area contributed by atoms with Crippen LogP contribution in [0.4, 0.5) is 0 Å². The molecule has 0 amide bonds. The minimum Gasteiger partial charge on any atom is -0.469 e.